The minimum atomic E-state index is -0.919. The first-order valence-electron chi connectivity index (χ1n) is 4.23. The molecule has 0 bridgehead atoms. The molecule has 2 saturated heterocycles. The van der Waals surface area contributed by atoms with Gasteiger partial charge in [0, 0.05) is 4.75 Å². The van der Waals surface area contributed by atoms with Crippen LogP contribution in [0.5, 0.6) is 0 Å². The van der Waals surface area contributed by atoms with E-state index in [0.717, 1.165) is 0 Å². The molecule has 0 unspecified atom stereocenters. The van der Waals surface area contributed by atoms with E-state index in [9.17, 15) is 9.59 Å². The molecule has 0 aromatic rings. The molecule has 0 aromatic carbocycles. The van der Waals surface area contributed by atoms with Gasteiger partial charge in [0.25, 0.3) is 0 Å². The number of carboxylic acid groups (broad SMARTS) is 1. The van der Waals surface area contributed by atoms with Gasteiger partial charge in [0.15, 0.2) is 0 Å². The number of halogens is 1. The molecule has 0 spiro atoms. The van der Waals surface area contributed by atoms with E-state index in [-0.39, 0.29) is 47.1 Å². The molecule has 7 heteroatoms. The predicted molar refractivity (Wildman–Crippen MR) is 57.6 cm³/mol. The van der Waals surface area contributed by atoms with Crippen molar-refractivity contribution < 1.29 is 45.7 Å². The van der Waals surface area contributed by atoms with E-state index in [1.54, 1.807) is 11.8 Å². The quantitative estimate of drug-likeness (QED) is 0.346. The van der Waals surface area contributed by atoms with Crippen LogP contribution in [0.15, 0.2) is 0 Å². The third kappa shape index (κ3) is 1.88. The van der Waals surface area contributed by atoms with Gasteiger partial charge in [-0.25, -0.2) is 4.79 Å². The fourth-order valence-electron chi connectivity index (χ4n) is 1.97. The average Bonchev–Trinajstić information content (AvgIpc) is 2.34. The molecule has 2 fully saturated rings. The van der Waals surface area contributed by atoms with E-state index in [2.05, 4.69) is 15.9 Å². The van der Waals surface area contributed by atoms with Crippen LogP contribution in [-0.2, 0) is 9.59 Å². The fraction of sp³-hybridized carbons (Fsp3) is 0.750. The van der Waals surface area contributed by atoms with Gasteiger partial charge in [-0.05, 0) is 13.8 Å². The van der Waals surface area contributed by atoms with Crippen molar-refractivity contribution in [1.29, 1.82) is 0 Å². The zero-order valence-electron chi connectivity index (χ0n) is 9.73. The number of hydrogen-bond acceptors (Lipinski definition) is 3. The topological polar surface area (TPSA) is 57.6 Å². The molecule has 15 heavy (non-hydrogen) atoms. The summed E-state index contributed by atoms with van der Waals surface area (Å²) in [6.45, 7) is 3.73. The zero-order valence-corrected chi connectivity index (χ0v) is 13.1. The summed E-state index contributed by atoms with van der Waals surface area (Å²) in [4.78, 5) is 23.7. The van der Waals surface area contributed by atoms with E-state index in [0.29, 0.717) is 0 Å². The first-order valence-corrected chi connectivity index (χ1v) is 6.02. The van der Waals surface area contributed by atoms with E-state index in [1.165, 1.54) is 4.90 Å². The number of aliphatic carboxylic acids is 1. The summed E-state index contributed by atoms with van der Waals surface area (Å²) in [5, 5.41) is 9.04. The number of thioether (sulfide) groups is 1. The van der Waals surface area contributed by atoms with Crippen LogP contribution in [0.4, 0.5) is 0 Å². The Morgan fingerprint density at radius 3 is 2.67 bits per heavy atom. The van der Waals surface area contributed by atoms with Crippen LogP contribution in [0, 0.1) is 0 Å². The molecule has 4 nitrogen and oxygen atoms in total. The molecule has 2 aliphatic rings. The molecule has 0 saturated carbocycles. The number of alkyl halides is 1. The van der Waals surface area contributed by atoms with E-state index < -0.39 is 16.8 Å². The van der Waals surface area contributed by atoms with Crippen molar-refractivity contribution in [3.63, 3.8) is 0 Å². The van der Waals surface area contributed by atoms with Crippen molar-refractivity contribution in [1.82, 2.24) is 4.90 Å². The van der Waals surface area contributed by atoms with Crippen LogP contribution < -0.4 is 29.6 Å². The largest absolute Gasteiger partial charge is 1.00 e. The van der Waals surface area contributed by atoms with Gasteiger partial charge in [-0.15, -0.1) is 11.8 Å². The molecular weight excluding hydrogens is 293 g/mol. The predicted octanol–water partition coefficient (Wildman–Crippen LogP) is -1.99. The molecule has 80 valence electrons. The number of carbonyl (C=O) groups excluding carboxylic acids is 1. The number of fused-ring (bicyclic) bond motifs is 1. The Morgan fingerprint density at radius 2 is 2.20 bits per heavy atom. The molecule has 2 heterocycles. The van der Waals surface area contributed by atoms with Crippen LogP contribution in [0.2, 0.25) is 0 Å². The minimum Gasteiger partial charge on any atom is -1.00 e. The van der Waals surface area contributed by atoms with Gasteiger partial charge in [-0.2, -0.15) is 0 Å². The summed E-state index contributed by atoms with van der Waals surface area (Å²) in [5.74, 6) is -1.03. The molecule has 2 rings (SSSR count). The van der Waals surface area contributed by atoms with E-state index in [4.69, 9.17) is 5.11 Å². The van der Waals surface area contributed by atoms with Crippen LogP contribution >= 0.6 is 27.7 Å². The second-order valence-electron chi connectivity index (χ2n) is 4.00. The molecule has 3 atom stereocenters. The van der Waals surface area contributed by atoms with Gasteiger partial charge in [-0.3, -0.25) is 4.79 Å². The summed E-state index contributed by atoms with van der Waals surface area (Å²) in [6.07, 6.45) is 0. The zero-order chi connectivity index (χ0) is 10.7. The first-order chi connectivity index (χ1) is 6.36. The maximum Gasteiger partial charge on any atom is 1.00 e. The molecular formula is C8H11BrNNaO3S. The Labute approximate surface area is 124 Å². The first kappa shape index (κ1) is 13.8. The van der Waals surface area contributed by atoms with Crippen molar-refractivity contribution in [2.45, 2.75) is 34.8 Å². The van der Waals surface area contributed by atoms with Crippen molar-refractivity contribution in [2.75, 3.05) is 0 Å². The van der Waals surface area contributed by atoms with Crippen molar-refractivity contribution in [2.24, 2.45) is 0 Å². The molecule has 1 N–H and O–H groups in total. The maximum absolute atomic E-state index is 11.4. The van der Waals surface area contributed by atoms with Gasteiger partial charge < -0.3 is 11.4 Å². The number of amides is 1. The number of β-lactam (4-membered cyclic amide) rings is 1. The van der Waals surface area contributed by atoms with Crippen molar-refractivity contribution in [3.8, 4) is 0 Å². The van der Waals surface area contributed by atoms with E-state index in [1.807, 2.05) is 13.8 Å². The van der Waals surface area contributed by atoms with Gasteiger partial charge in [0.05, 0.1) is 0 Å². The number of carbonyl (C=O) groups is 2. The number of nitrogens with zero attached hydrogens (tertiary/aromatic N) is 1. The molecule has 2 aliphatic heterocycles. The normalized spacial score (nSPS) is 36.6. The summed E-state index contributed by atoms with van der Waals surface area (Å²) >= 11 is 4.80. The number of hydrogen-bond donors (Lipinski definition) is 1. The fourth-order valence-corrected chi connectivity index (χ4v) is 4.32. The SMILES string of the molecule is CC1(C)S[C@@H]2[C@H](Br)C(=O)N2[C@H]1C(=O)O.[H-].[Na+]. The summed E-state index contributed by atoms with van der Waals surface area (Å²) in [5.41, 5.74) is 0. The maximum atomic E-state index is 11.4. The smallest absolute Gasteiger partial charge is 1.00 e. The van der Waals surface area contributed by atoms with Crippen LogP contribution in [-0.4, -0.2) is 42.9 Å². The summed E-state index contributed by atoms with van der Waals surface area (Å²) < 4.78 is -0.408. The average molecular weight is 304 g/mol. The Bertz CT molecular complexity index is 330. The Balaban J connectivity index is 0.00000112. The van der Waals surface area contributed by atoms with Gasteiger partial charge >= 0.3 is 35.5 Å². The van der Waals surface area contributed by atoms with Gasteiger partial charge in [0.1, 0.15) is 16.2 Å². The van der Waals surface area contributed by atoms with E-state index >= 15 is 0 Å². The third-order valence-electron chi connectivity index (χ3n) is 2.61. The van der Waals surface area contributed by atoms with Crippen LogP contribution in [0.3, 0.4) is 0 Å². The second-order valence-corrected chi connectivity index (χ2v) is 6.76. The number of rotatable bonds is 1. The van der Waals surface area contributed by atoms with Gasteiger partial charge in [0.2, 0.25) is 5.91 Å². The molecule has 0 aliphatic carbocycles. The second kappa shape index (κ2) is 4.22. The molecule has 1 amide bonds. The molecule has 0 aromatic heterocycles. The van der Waals surface area contributed by atoms with Gasteiger partial charge in [-0.1, -0.05) is 15.9 Å². The standard InChI is InChI=1S/C8H10BrNO3S.Na.H/c1-8(2)4(7(12)13)10-5(11)3(9)6(10)14-8;;/h3-4,6H,1-2H3,(H,12,13);;/q;+1;-1/t3-,4+,6-;;/m1../s1. The van der Waals surface area contributed by atoms with Crippen LogP contribution in [0.25, 0.3) is 0 Å². The summed E-state index contributed by atoms with van der Waals surface area (Å²) in [7, 11) is 0. The third-order valence-corrected chi connectivity index (χ3v) is 5.42. The monoisotopic (exact) mass is 303 g/mol. The van der Waals surface area contributed by atoms with Crippen molar-refractivity contribution >= 4 is 39.6 Å². The summed E-state index contributed by atoms with van der Waals surface area (Å²) in [6, 6.07) is -0.696. The Morgan fingerprint density at radius 1 is 1.67 bits per heavy atom. The molecule has 0 radical (unpaired) electrons. The minimum absolute atomic E-state index is 0. The Hall–Kier alpha value is 0.770. The number of carboxylic acids is 1. The van der Waals surface area contributed by atoms with Crippen molar-refractivity contribution in [3.05, 3.63) is 0 Å². The van der Waals surface area contributed by atoms with Crippen LogP contribution in [0.1, 0.15) is 15.3 Å². The Kier molecular flexibility index (Phi) is 3.89.